The molecular formula is C24H27N5O6S2. The molecule has 0 aliphatic carbocycles. The molecule has 2 aromatic rings. The summed E-state index contributed by atoms with van der Waals surface area (Å²) in [5.74, 6) is -1.05. The minimum absolute atomic E-state index is 0.130. The van der Waals surface area contributed by atoms with Crippen LogP contribution in [0.4, 0.5) is 5.82 Å². The monoisotopic (exact) mass is 545 g/mol. The summed E-state index contributed by atoms with van der Waals surface area (Å²) in [4.78, 5) is 59.9. The Balaban J connectivity index is 1.84. The molecule has 1 unspecified atom stereocenters. The zero-order chi connectivity index (χ0) is 26.7. The summed E-state index contributed by atoms with van der Waals surface area (Å²) in [5, 5.41) is 2.75. The number of carbonyl (C=O) groups is 3. The molecular weight excluding hydrogens is 518 g/mol. The van der Waals surface area contributed by atoms with Crippen LogP contribution in [-0.4, -0.2) is 82.9 Å². The van der Waals surface area contributed by atoms with Gasteiger partial charge in [0.25, 0.3) is 11.5 Å². The standard InChI is InChI=1S/C24H27N5O6S2/c1-14-5-6-18-26-20(27-9-7-25-21(31)16(27)12-19(30)35-3)15(22(32)29(18)13-14)11-17-23(33)28(24(36)37-17)8-4-10-34-2/h5-6,11,13,16H,4,7-10,12H2,1-3H3,(H,25,31). The Kier molecular flexibility index (Phi) is 8.25. The number of piperazine rings is 1. The fourth-order valence-corrected chi connectivity index (χ4v) is 5.49. The van der Waals surface area contributed by atoms with E-state index in [4.69, 9.17) is 26.7 Å². The van der Waals surface area contributed by atoms with E-state index in [0.29, 0.717) is 42.6 Å². The number of pyridine rings is 1. The first-order valence-electron chi connectivity index (χ1n) is 11.6. The number of aryl methyl sites for hydroxylation is 1. The molecule has 0 spiro atoms. The molecule has 2 aliphatic heterocycles. The van der Waals surface area contributed by atoms with Crippen LogP contribution in [0.3, 0.4) is 0 Å². The number of thiocarbonyl (C=S) groups is 1. The zero-order valence-electron chi connectivity index (χ0n) is 20.7. The van der Waals surface area contributed by atoms with Gasteiger partial charge in [-0.1, -0.05) is 30.0 Å². The summed E-state index contributed by atoms with van der Waals surface area (Å²) >= 11 is 6.52. The zero-order valence-corrected chi connectivity index (χ0v) is 22.3. The quantitative estimate of drug-likeness (QED) is 0.223. The highest BCUT2D eigenvalue weighted by atomic mass is 32.2. The van der Waals surface area contributed by atoms with Crippen molar-refractivity contribution in [2.24, 2.45) is 0 Å². The molecule has 2 amide bonds. The average Bonchev–Trinajstić information content (AvgIpc) is 3.14. The van der Waals surface area contributed by atoms with E-state index in [2.05, 4.69) is 5.32 Å². The molecule has 13 heteroatoms. The van der Waals surface area contributed by atoms with Gasteiger partial charge < -0.3 is 19.7 Å². The van der Waals surface area contributed by atoms with E-state index < -0.39 is 17.6 Å². The molecule has 2 aliphatic rings. The van der Waals surface area contributed by atoms with Crippen molar-refractivity contribution in [2.75, 3.05) is 45.4 Å². The van der Waals surface area contributed by atoms with Crippen LogP contribution in [0.2, 0.25) is 0 Å². The van der Waals surface area contributed by atoms with E-state index in [-0.39, 0.29) is 34.5 Å². The lowest BCUT2D eigenvalue weighted by atomic mass is 10.1. The maximum absolute atomic E-state index is 13.8. The lowest BCUT2D eigenvalue weighted by molar-refractivity contribution is -0.143. The van der Waals surface area contributed by atoms with Gasteiger partial charge in [-0.05, 0) is 31.1 Å². The van der Waals surface area contributed by atoms with Crippen molar-refractivity contribution in [3.63, 3.8) is 0 Å². The Morgan fingerprint density at radius 3 is 2.81 bits per heavy atom. The van der Waals surface area contributed by atoms with E-state index in [1.165, 1.54) is 22.5 Å². The summed E-state index contributed by atoms with van der Waals surface area (Å²) in [6.45, 7) is 3.33. The van der Waals surface area contributed by atoms with Crippen molar-refractivity contribution in [3.8, 4) is 0 Å². The number of nitrogens with zero attached hydrogens (tertiary/aromatic N) is 4. The van der Waals surface area contributed by atoms with Crippen molar-refractivity contribution >= 4 is 63.6 Å². The predicted molar refractivity (Wildman–Crippen MR) is 143 cm³/mol. The third-order valence-corrected chi connectivity index (χ3v) is 7.43. The summed E-state index contributed by atoms with van der Waals surface area (Å²) in [6.07, 6.45) is 3.53. The van der Waals surface area contributed by atoms with Crippen LogP contribution < -0.4 is 15.8 Å². The van der Waals surface area contributed by atoms with Crippen LogP contribution in [0, 0.1) is 6.92 Å². The highest BCUT2D eigenvalue weighted by molar-refractivity contribution is 8.26. The average molecular weight is 546 g/mol. The van der Waals surface area contributed by atoms with Crippen LogP contribution in [0.1, 0.15) is 24.0 Å². The third kappa shape index (κ3) is 5.53. The van der Waals surface area contributed by atoms with Gasteiger partial charge in [0.1, 0.15) is 21.8 Å². The lowest BCUT2D eigenvalue weighted by Crippen LogP contribution is -2.57. The molecule has 1 atom stereocenters. The molecule has 0 aromatic carbocycles. The number of carbonyl (C=O) groups excluding carboxylic acids is 3. The second-order valence-corrected chi connectivity index (χ2v) is 10.2. The van der Waals surface area contributed by atoms with Crippen molar-refractivity contribution in [3.05, 3.63) is 44.7 Å². The van der Waals surface area contributed by atoms with Crippen LogP contribution in [-0.2, 0) is 23.9 Å². The first-order chi connectivity index (χ1) is 17.7. The van der Waals surface area contributed by atoms with E-state index in [9.17, 15) is 19.2 Å². The summed E-state index contributed by atoms with van der Waals surface area (Å²) in [5.41, 5.74) is 0.944. The highest BCUT2D eigenvalue weighted by Crippen LogP contribution is 2.34. The van der Waals surface area contributed by atoms with E-state index in [1.54, 1.807) is 24.3 Å². The molecule has 4 rings (SSSR count). The smallest absolute Gasteiger partial charge is 0.308 e. The molecule has 2 fully saturated rings. The van der Waals surface area contributed by atoms with Crippen LogP contribution >= 0.6 is 24.0 Å². The maximum atomic E-state index is 13.8. The van der Waals surface area contributed by atoms with Gasteiger partial charge >= 0.3 is 5.97 Å². The number of nitrogens with one attached hydrogen (secondary N) is 1. The van der Waals surface area contributed by atoms with Gasteiger partial charge in [0.15, 0.2) is 0 Å². The number of aromatic nitrogens is 2. The molecule has 2 aromatic heterocycles. The van der Waals surface area contributed by atoms with Gasteiger partial charge in [-0.15, -0.1) is 0 Å². The number of methoxy groups -OCH3 is 2. The fourth-order valence-electron chi connectivity index (χ4n) is 4.20. The van der Waals surface area contributed by atoms with Gasteiger partial charge in [-0.3, -0.25) is 28.5 Å². The number of anilines is 1. The Labute approximate surface area is 222 Å². The summed E-state index contributed by atoms with van der Waals surface area (Å²) in [7, 11) is 2.83. The Hall–Kier alpha value is -3.29. The van der Waals surface area contributed by atoms with Gasteiger partial charge in [0.05, 0.1) is 24.0 Å². The van der Waals surface area contributed by atoms with E-state index in [0.717, 1.165) is 17.3 Å². The van der Waals surface area contributed by atoms with Crippen LogP contribution in [0.5, 0.6) is 0 Å². The largest absolute Gasteiger partial charge is 0.469 e. The van der Waals surface area contributed by atoms with Crippen molar-refractivity contribution < 1.29 is 23.9 Å². The highest BCUT2D eigenvalue weighted by Gasteiger charge is 2.36. The molecule has 11 nitrogen and oxygen atoms in total. The fraction of sp³-hybridized carbons (Fsp3) is 0.417. The van der Waals surface area contributed by atoms with Crippen molar-refractivity contribution in [2.45, 2.75) is 25.8 Å². The number of rotatable bonds is 8. The maximum Gasteiger partial charge on any atom is 0.308 e. The molecule has 1 N–H and O–H groups in total. The predicted octanol–water partition coefficient (Wildman–Crippen LogP) is 1.11. The SMILES string of the molecule is COCCCN1C(=O)C(=Cc2c(N3CCNC(=O)C3CC(=O)OC)nc3ccc(C)cn3c2=O)SC1=S. The molecule has 2 saturated heterocycles. The molecule has 37 heavy (non-hydrogen) atoms. The lowest BCUT2D eigenvalue weighted by Gasteiger charge is -2.36. The topological polar surface area (TPSA) is 123 Å². The van der Waals surface area contributed by atoms with Gasteiger partial charge in [0.2, 0.25) is 5.91 Å². The number of hydrogen-bond acceptors (Lipinski definition) is 10. The number of fused-ring (bicyclic) bond motifs is 1. The minimum Gasteiger partial charge on any atom is -0.469 e. The minimum atomic E-state index is -0.934. The van der Waals surface area contributed by atoms with Crippen molar-refractivity contribution in [1.82, 2.24) is 19.6 Å². The molecule has 0 radical (unpaired) electrons. The molecule has 0 saturated carbocycles. The second-order valence-electron chi connectivity index (χ2n) is 8.55. The first kappa shape index (κ1) is 26.8. The molecule has 0 bridgehead atoms. The Bertz CT molecular complexity index is 1360. The number of ether oxygens (including phenoxy) is 2. The number of thioether (sulfide) groups is 1. The normalized spacial score (nSPS) is 19.2. The van der Waals surface area contributed by atoms with E-state index >= 15 is 0 Å². The van der Waals surface area contributed by atoms with Gasteiger partial charge in [-0.2, -0.15) is 0 Å². The van der Waals surface area contributed by atoms with Crippen LogP contribution in [0.15, 0.2) is 28.0 Å². The molecule has 4 heterocycles. The summed E-state index contributed by atoms with van der Waals surface area (Å²) in [6, 6.07) is 2.60. The van der Waals surface area contributed by atoms with Crippen LogP contribution in [0.25, 0.3) is 11.7 Å². The van der Waals surface area contributed by atoms with E-state index in [1.807, 2.05) is 13.0 Å². The first-order valence-corrected chi connectivity index (χ1v) is 12.9. The van der Waals surface area contributed by atoms with Crippen molar-refractivity contribution in [1.29, 1.82) is 0 Å². The van der Waals surface area contributed by atoms with Gasteiger partial charge in [-0.25, -0.2) is 4.98 Å². The Morgan fingerprint density at radius 2 is 2.08 bits per heavy atom. The number of esters is 1. The van der Waals surface area contributed by atoms with Gasteiger partial charge in [0, 0.05) is 39.5 Å². The number of amides is 2. The Morgan fingerprint density at radius 1 is 1.30 bits per heavy atom. The number of hydrogen-bond donors (Lipinski definition) is 1. The summed E-state index contributed by atoms with van der Waals surface area (Å²) < 4.78 is 11.7. The third-order valence-electron chi connectivity index (χ3n) is 6.06. The second kappa shape index (κ2) is 11.4. The molecule has 196 valence electrons.